The smallest absolute Gasteiger partial charge is 0.372 e. The Kier molecular flexibility index (Phi) is 13.1. The van der Waals surface area contributed by atoms with E-state index in [1.165, 1.54) is 0 Å². The summed E-state index contributed by atoms with van der Waals surface area (Å²) in [6.07, 6.45) is 1.71. The first-order valence-electron chi connectivity index (χ1n) is 10.0. The summed E-state index contributed by atoms with van der Waals surface area (Å²) in [4.78, 5) is 37.9. The molecule has 1 aliphatic heterocycles. The van der Waals surface area contributed by atoms with Gasteiger partial charge in [-0.05, 0) is 34.6 Å². The van der Waals surface area contributed by atoms with Gasteiger partial charge in [0.15, 0.2) is 11.9 Å². The molecule has 2 rings (SSSR count). The zero-order valence-electron chi connectivity index (χ0n) is 18.9. The van der Waals surface area contributed by atoms with Gasteiger partial charge >= 0.3 is 17.9 Å². The molecule has 0 bridgehead atoms. The van der Waals surface area contributed by atoms with Crippen LogP contribution in [0.2, 0.25) is 0 Å². The first kappa shape index (κ1) is 29.8. The molecule has 0 fully saturated rings. The van der Waals surface area contributed by atoms with E-state index in [-0.39, 0.29) is 60.3 Å². The zero-order valence-corrected chi connectivity index (χ0v) is 22.2. The minimum atomic E-state index is -0.764. The van der Waals surface area contributed by atoms with E-state index in [1.54, 1.807) is 63.6 Å². The molecule has 1 aromatic heterocycles. The summed E-state index contributed by atoms with van der Waals surface area (Å²) in [5.74, 6) is -2.25. The van der Waals surface area contributed by atoms with Crippen LogP contribution in [0.25, 0.3) is 0 Å². The second kappa shape index (κ2) is 14.1. The Balaban J connectivity index is 0.00000480. The van der Waals surface area contributed by atoms with Crippen LogP contribution in [0, 0.1) is 0 Å². The molecule has 0 radical (unpaired) electrons. The molecule has 178 valence electrons. The summed E-state index contributed by atoms with van der Waals surface area (Å²) in [6, 6.07) is 5.33. The summed E-state index contributed by atoms with van der Waals surface area (Å²) in [6.45, 7) is 9.26. The molecule has 0 aliphatic carbocycles. The number of rotatable bonds is 8. The molecule has 0 atom stereocenters. The average Bonchev–Trinajstić information content (AvgIpc) is 2.68. The number of pyridine rings is 1. The average molecular weight is 578 g/mol. The predicted molar refractivity (Wildman–Crippen MR) is 118 cm³/mol. The van der Waals surface area contributed by atoms with Gasteiger partial charge in [-0.2, -0.15) is 4.57 Å². The fourth-order valence-corrected chi connectivity index (χ4v) is 3.49. The highest BCUT2D eigenvalue weighted by Crippen LogP contribution is 2.37. The quantitative estimate of drug-likeness (QED) is 0.252. The van der Waals surface area contributed by atoms with Gasteiger partial charge in [0.1, 0.15) is 5.92 Å². The molecular formula is C22H30Br2N2O6. The molecule has 8 nitrogen and oxygen atoms in total. The number of allylic oxidation sites excluding steroid dienone is 2. The maximum absolute atomic E-state index is 12.9. The van der Waals surface area contributed by atoms with Crippen LogP contribution in [-0.4, -0.2) is 37.7 Å². The van der Waals surface area contributed by atoms with Crippen molar-refractivity contribution in [3.05, 3.63) is 52.6 Å². The van der Waals surface area contributed by atoms with Crippen molar-refractivity contribution >= 4 is 34.9 Å². The van der Waals surface area contributed by atoms with Crippen molar-refractivity contribution in [3.63, 3.8) is 0 Å². The number of esters is 3. The number of dihydropyridines is 1. The summed E-state index contributed by atoms with van der Waals surface area (Å²) in [5, 5.41) is 3.10. The summed E-state index contributed by atoms with van der Waals surface area (Å²) in [7, 11) is 0. The van der Waals surface area contributed by atoms with Gasteiger partial charge in [-0.1, -0.05) is 6.07 Å². The van der Waals surface area contributed by atoms with Crippen LogP contribution in [0.15, 0.2) is 46.9 Å². The van der Waals surface area contributed by atoms with Crippen molar-refractivity contribution in [2.45, 2.75) is 47.1 Å². The van der Waals surface area contributed by atoms with Crippen LogP contribution in [0.4, 0.5) is 0 Å². The lowest BCUT2D eigenvalue weighted by Crippen LogP contribution is -3.00. The maximum atomic E-state index is 12.9. The van der Waals surface area contributed by atoms with Gasteiger partial charge in [-0.3, -0.25) is 0 Å². The van der Waals surface area contributed by atoms with Crippen molar-refractivity contribution in [1.29, 1.82) is 0 Å². The van der Waals surface area contributed by atoms with Crippen LogP contribution in [0.1, 0.15) is 46.2 Å². The summed E-state index contributed by atoms with van der Waals surface area (Å²) in [5.41, 5.74) is 2.34. The molecule has 1 N–H and O–H groups in total. The van der Waals surface area contributed by atoms with Crippen molar-refractivity contribution in [3.8, 4) is 0 Å². The number of hydrogen-bond acceptors (Lipinski definition) is 7. The first-order chi connectivity index (χ1) is 14.3. The molecule has 2 heterocycles. The molecule has 1 aliphatic rings. The third-order valence-corrected chi connectivity index (χ3v) is 4.63. The highest BCUT2D eigenvalue weighted by atomic mass is 79.9. The Hall–Kier alpha value is -2.20. The lowest BCUT2D eigenvalue weighted by atomic mass is 9.82. The van der Waals surface area contributed by atoms with E-state index in [1.807, 2.05) is 0 Å². The van der Waals surface area contributed by atoms with Crippen molar-refractivity contribution in [2.75, 3.05) is 19.8 Å². The number of ether oxygens (including phenoxy) is 3. The summed E-state index contributed by atoms with van der Waals surface area (Å²) < 4.78 is 17.3. The van der Waals surface area contributed by atoms with Crippen LogP contribution < -0.4 is 26.9 Å². The van der Waals surface area contributed by atoms with Crippen molar-refractivity contribution in [1.82, 2.24) is 5.32 Å². The van der Waals surface area contributed by atoms with Crippen LogP contribution in [-0.2, 0) is 35.1 Å². The standard InChI is InChI=1S/C22H28N2O6.2BrH/c1-6-28-17(25)13-24-12-10-9-11-16(24)20-18(21(26)29-7-2)14(4)23-15(5)19(20)22(27)30-8-3;;/h9-12,20H,6-8,13H2,1-5H3;2*1H. The van der Waals surface area contributed by atoms with E-state index in [0.29, 0.717) is 28.2 Å². The maximum Gasteiger partial charge on any atom is 0.372 e. The molecule has 0 aromatic carbocycles. The van der Waals surface area contributed by atoms with Gasteiger partial charge in [0.05, 0.1) is 31.0 Å². The Morgan fingerprint density at radius 3 is 1.88 bits per heavy atom. The van der Waals surface area contributed by atoms with Gasteiger partial charge in [0.25, 0.3) is 0 Å². The molecule has 0 spiro atoms. The zero-order chi connectivity index (χ0) is 22.3. The molecule has 0 unspecified atom stereocenters. The van der Waals surface area contributed by atoms with Crippen molar-refractivity contribution in [2.24, 2.45) is 0 Å². The van der Waals surface area contributed by atoms with E-state index >= 15 is 0 Å². The second-order valence-corrected chi connectivity index (χ2v) is 6.63. The van der Waals surface area contributed by atoms with E-state index in [9.17, 15) is 14.4 Å². The van der Waals surface area contributed by atoms with Gasteiger partial charge < -0.3 is 36.5 Å². The van der Waals surface area contributed by atoms with Crippen molar-refractivity contribution < 1.29 is 50.1 Å². The highest BCUT2D eigenvalue weighted by molar-refractivity contribution is 8.93. The Morgan fingerprint density at radius 1 is 0.906 bits per heavy atom. The van der Waals surface area contributed by atoms with E-state index in [0.717, 1.165) is 0 Å². The minimum absolute atomic E-state index is 0. The third kappa shape index (κ3) is 6.90. The van der Waals surface area contributed by atoms with Crippen LogP contribution in [0.3, 0.4) is 0 Å². The topological polar surface area (TPSA) is 94.8 Å². The Labute approximate surface area is 209 Å². The lowest BCUT2D eigenvalue weighted by Gasteiger charge is -2.28. The van der Waals surface area contributed by atoms with Gasteiger partial charge in [-0.15, -0.1) is 17.0 Å². The molecular weight excluding hydrogens is 548 g/mol. The summed E-state index contributed by atoms with van der Waals surface area (Å²) >= 11 is 0. The number of nitrogens with one attached hydrogen (secondary N) is 1. The first-order valence-corrected chi connectivity index (χ1v) is 10.0. The number of carbonyl (C=O) groups excluding carboxylic acids is 3. The highest BCUT2D eigenvalue weighted by Gasteiger charge is 2.42. The second-order valence-electron chi connectivity index (χ2n) is 6.63. The number of hydrogen-bond donors (Lipinski definition) is 1. The fourth-order valence-electron chi connectivity index (χ4n) is 3.49. The molecule has 10 heteroatoms. The Morgan fingerprint density at radius 2 is 1.41 bits per heavy atom. The van der Waals surface area contributed by atoms with Gasteiger partial charge in [0.2, 0.25) is 6.54 Å². The number of halogens is 2. The molecule has 32 heavy (non-hydrogen) atoms. The SMILES string of the molecule is Br.CCOC(=O)C[n+]1ccccc1C1C(C(=O)OCC)=C(C)NC(C)=C1C(=O)OCC.[Br-]. The van der Waals surface area contributed by atoms with Crippen LogP contribution in [0.5, 0.6) is 0 Å². The Bertz CT molecular complexity index is 858. The molecule has 0 saturated heterocycles. The minimum Gasteiger partial charge on any atom is -1.00 e. The monoisotopic (exact) mass is 576 g/mol. The molecule has 0 saturated carbocycles. The van der Waals surface area contributed by atoms with E-state index < -0.39 is 23.8 Å². The molecule has 1 aromatic rings. The number of aromatic nitrogens is 1. The molecule has 0 amide bonds. The third-order valence-electron chi connectivity index (χ3n) is 4.63. The van der Waals surface area contributed by atoms with Gasteiger partial charge in [0, 0.05) is 23.5 Å². The van der Waals surface area contributed by atoms with Gasteiger partial charge in [-0.25, -0.2) is 14.4 Å². The lowest BCUT2D eigenvalue weighted by molar-refractivity contribution is -0.693. The van der Waals surface area contributed by atoms with Crippen LogP contribution >= 0.6 is 17.0 Å². The van der Waals surface area contributed by atoms with E-state index in [4.69, 9.17) is 14.2 Å². The number of nitrogens with zero attached hydrogens (tertiary/aromatic N) is 1. The van der Waals surface area contributed by atoms with E-state index in [2.05, 4.69) is 5.32 Å². The predicted octanol–water partition coefficient (Wildman–Crippen LogP) is -0.520. The normalized spacial score (nSPS) is 13.4. The number of carbonyl (C=O) groups is 3. The largest absolute Gasteiger partial charge is 1.00 e. The fraction of sp³-hybridized carbons (Fsp3) is 0.455.